The van der Waals surface area contributed by atoms with Crippen LogP contribution < -0.4 is 15.0 Å². The highest BCUT2D eigenvalue weighted by molar-refractivity contribution is 9.11. The van der Waals surface area contributed by atoms with Crippen molar-refractivity contribution in [3.05, 3.63) is 43.9 Å². The molecule has 3 heterocycles. The highest BCUT2D eigenvalue weighted by atomic mass is 79.9. The molecule has 2 N–H and O–H groups in total. The van der Waals surface area contributed by atoms with Gasteiger partial charge in [-0.25, -0.2) is 4.98 Å². The number of rotatable bonds is 5. The number of aromatic nitrogens is 3. The van der Waals surface area contributed by atoms with Crippen LogP contribution in [0.15, 0.2) is 33.2 Å². The standard InChI is InChI=1S/C19H20Br2ClN5O.H2S/c1-28-17-11(7-12(20)8-14(17)21)9-23-13-3-2-6-27(10-13)19-24-15-4-5-16(22)25-18(15)26-19;/h4-5,7-8,13,23H,2-3,6,9-10H2,1H3,(H,24,25,26);1H2/t13-;/m0./s1. The summed E-state index contributed by atoms with van der Waals surface area (Å²) in [5.41, 5.74) is 2.67. The number of hydrogen-bond acceptors (Lipinski definition) is 5. The summed E-state index contributed by atoms with van der Waals surface area (Å²) in [6.45, 7) is 2.58. The first-order chi connectivity index (χ1) is 13.5. The monoisotopic (exact) mass is 561 g/mol. The predicted molar refractivity (Wildman–Crippen MR) is 130 cm³/mol. The summed E-state index contributed by atoms with van der Waals surface area (Å²) in [5, 5.41) is 4.12. The molecule has 0 bridgehead atoms. The molecule has 2 aromatic heterocycles. The fourth-order valence-electron chi connectivity index (χ4n) is 3.57. The molecule has 0 saturated carbocycles. The van der Waals surface area contributed by atoms with Gasteiger partial charge in [0, 0.05) is 35.7 Å². The summed E-state index contributed by atoms with van der Waals surface area (Å²) in [6.07, 6.45) is 2.22. The van der Waals surface area contributed by atoms with Gasteiger partial charge in [0.2, 0.25) is 5.95 Å². The summed E-state index contributed by atoms with van der Waals surface area (Å²) in [4.78, 5) is 14.5. The molecular weight excluding hydrogens is 542 g/mol. The molecule has 1 aliphatic rings. The van der Waals surface area contributed by atoms with Gasteiger partial charge in [-0.15, -0.1) is 0 Å². The molecule has 10 heteroatoms. The van der Waals surface area contributed by atoms with Crippen molar-refractivity contribution >= 4 is 74.1 Å². The van der Waals surface area contributed by atoms with E-state index in [1.54, 1.807) is 13.2 Å². The van der Waals surface area contributed by atoms with Gasteiger partial charge in [-0.05, 0) is 53.0 Å². The second-order valence-electron chi connectivity index (χ2n) is 6.81. The van der Waals surface area contributed by atoms with Crippen LogP contribution in [0.2, 0.25) is 5.15 Å². The van der Waals surface area contributed by atoms with Gasteiger partial charge in [0.05, 0.1) is 17.1 Å². The van der Waals surface area contributed by atoms with Crippen LogP contribution in [0, 0.1) is 0 Å². The van der Waals surface area contributed by atoms with E-state index in [1.807, 2.05) is 12.1 Å². The molecule has 0 radical (unpaired) electrons. The van der Waals surface area contributed by atoms with E-state index in [4.69, 9.17) is 16.3 Å². The number of H-pyrrole nitrogens is 1. The SMILES string of the molecule is COc1c(Br)cc(Br)cc1CN[C@H]1CCCN(c2nc3nc(Cl)ccc3[nH]2)C1.S. The van der Waals surface area contributed by atoms with E-state index in [0.717, 1.165) is 64.2 Å². The van der Waals surface area contributed by atoms with Gasteiger partial charge >= 0.3 is 0 Å². The minimum Gasteiger partial charge on any atom is -0.495 e. The van der Waals surface area contributed by atoms with E-state index in [2.05, 4.69) is 63.1 Å². The number of anilines is 1. The number of piperidine rings is 1. The van der Waals surface area contributed by atoms with Crippen molar-refractivity contribution in [3.63, 3.8) is 0 Å². The Labute approximate surface area is 198 Å². The molecule has 1 atom stereocenters. The molecule has 1 aromatic carbocycles. The second-order valence-corrected chi connectivity index (χ2v) is 8.97. The maximum absolute atomic E-state index is 5.98. The molecular formula is C19H22Br2ClN5OS. The number of ether oxygens (including phenoxy) is 1. The molecule has 156 valence electrons. The number of imidazole rings is 1. The van der Waals surface area contributed by atoms with Gasteiger partial charge in [-0.1, -0.05) is 27.5 Å². The second kappa shape index (κ2) is 9.87. The molecule has 1 saturated heterocycles. The van der Waals surface area contributed by atoms with Crippen molar-refractivity contribution in [2.24, 2.45) is 0 Å². The lowest BCUT2D eigenvalue weighted by atomic mass is 10.1. The maximum atomic E-state index is 5.98. The average molecular weight is 564 g/mol. The minimum atomic E-state index is 0. The zero-order valence-electron chi connectivity index (χ0n) is 15.8. The Balaban J connectivity index is 0.00000240. The number of halogens is 3. The Hall–Kier alpha value is -1.00. The topological polar surface area (TPSA) is 66.1 Å². The van der Waals surface area contributed by atoms with Gasteiger partial charge in [0.1, 0.15) is 10.9 Å². The van der Waals surface area contributed by atoms with E-state index >= 15 is 0 Å². The first-order valence-electron chi connectivity index (χ1n) is 9.06. The molecule has 3 aromatic rings. The highest BCUT2D eigenvalue weighted by Crippen LogP contribution is 2.33. The lowest BCUT2D eigenvalue weighted by Gasteiger charge is -2.33. The van der Waals surface area contributed by atoms with Gasteiger partial charge in [-0.2, -0.15) is 18.5 Å². The number of pyridine rings is 1. The number of hydrogen-bond donors (Lipinski definition) is 2. The number of nitrogens with zero attached hydrogens (tertiary/aromatic N) is 3. The van der Waals surface area contributed by atoms with Crippen LogP contribution in [-0.2, 0) is 6.54 Å². The van der Waals surface area contributed by atoms with Crippen LogP contribution in [0.3, 0.4) is 0 Å². The van der Waals surface area contributed by atoms with Crippen LogP contribution in [0.5, 0.6) is 5.75 Å². The zero-order valence-corrected chi connectivity index (χ0v) is 20.7. The van der Waals surface area contributed by atoms with Crippen molar-refractivity contribution in [2.75, 3.05) is 25.1 Å². The van der Waals surface area contributed by atoms with Crippen LogP contribution in [0.4, 0.5) is 5.95 Å². The Morgan fingerprint density at radius 3 is 2.93 bits per heavy atom. The van der Waals surface area contributed by atoms with Crippen LogP contribution in [-0.4, -0.2) is 41.2 Å². The van der Waals surface area contributed by atoms with Crippen LogP contribution >= 0.6 is 57.0 Å². The summed E-state index contributed by atoms with van der Waals surface area (Å²) >= 11 is 13.1. The lowest BCUT2D eigenvalue weighted by molar-refractivity contribution is 0.392. The number of fused-ring (bicyclic) bond motifs is 1. The third-order valence-electron chi connectivity index (χ3n) is 4.89. The Morgan fingerprint density at radius 2 is 2.14 bits per heavy atom. The Kier molecular flexibility index (Phi) is 7.72. The van der Waals surface area contributed by atoms with Gasteiger partial charge < -0.3 is 19.9 Å². The fraction of sp³-hybridized carbons (Fsp3) is 0.368. The third kappa shape index (κ3) is 5.19. The van der Waals surface area contributed by atoms with Crippen molar-refractivity contribution in [3.8, 4) is 5.75 Å². The predicted octanol–water partition coefficient (Wildman–Crippen LogP) is 5.02. The van der Waals surface area contributed by atoms with Crippen molar-refractivity contribution in [1.29, 1.82) is 0 Å². The Bertz CT molecular complexity index is 1000. The zero-order chi connectivity index (χ0) is 19.7. The molecule has 6 nitrogen and oxygen atoms in total. The van der Waals surface area contributed by atoms with Crippen molar-refractivity contribution in [2.45, 2.75) is 25.4 Å². The third-order valence-corrected chi connectivity index (χ3v) is 6.15. The average Bonchev–Trinajstić information content (AvgIpc) is 3.09. The molecule has 29 heavy (non-hydrogen) atoms. The number of nitrogens with one attached hydrogen (secondary N) is 2. The minimum absolute atomic E-state index is 0. The van der Waals surface area contributed by atoms with E-state index in [9.17, 15) is 0 Å². The summed E-state index contributed by atoms with van der Waals surface area (Å²) in [5.74, 6) is 1.71. The van der Waals surface area contributed by atoms with E-state index in [1.165, 1.54) is 0 Å². The largest absolute Gasteiger partial charge is 0.495 e. The number of aromatic amines is 1. The maximum Gasteiger partial charge on any atom is 0.205 e. The van der Waals surface area contributed by atoms with Gasteiger partial charge in [0.25, 0.3) is 0 Å². The number of benzene rings is 1. The van der Waals surface area contributed by atoms with E-state index in [-0.39, 0.29) is 13.5 Å². The van der Waals surface area contributed by atoms with E-state index in [0.29, 0.717) is 16.8 Å². The quantitative estimate of drug-likeness (QED) is 0.427. The molecule has 1 aliphatic heterocycles. The first-order valence-corrected chi connectivity index (χ1v) is 11.0. The number of methoxy groups -OCH3 is 1. The van der Waals surface area contributed by atoms with Crippen molar-refractivity contribution in [1.82, 2.24) is 20.3 Å². The van der Waals surface area contributed by atoms with Crippen molar-refractivity contribution < 1.29 is 4.74 Å². The molecule has 1 fully saturated rings. The molecule has 4 rings (SSSR count). The summed E-state index contributed by atoms with van der Waals surface area (Å²) in [6, 6.07) is 8.13. The lowest BCUT2D eigenvalue weighted by Crippen LogP contribution is -2.46. The normalized spacial score (nSPS) is 16.7. The van der Waals surface area contributed by atoms with Crippen LogP contribution in [0.25, 0.3) is 11.2 Å². The molecule has 0 spiro atoms. The van der Waals surface area contributed by atoms with Gasteiger partial charge in [-0.3, -0.25) is 0 Å². The summed E-state index contributed by atoms with van der Waals surface area (Å²) in [7, 11) is 1.70. The molecule has 0 aliphatic carbocycles. The first kappa shape index (κ1) is 22.7. The molecule has 0 unspecified atom stereocenters. The Morgan fingerprint density at radius 1 is 1.31 bits per heavy atom. The fourth-order valence-corrected chi connectivity index (χ4v) is 5.19. The van der Waals surface area contributed by atoms with E-state index < -0.39 is 0 Å². The highest BCUT2D eigenvalue weighted by Gasteiger charge is 2.23. The smallest absolute Gasteiger partial charge is 0.205 e. The van der Waals surface area contributed by atoms with Crippen LogP contribution in [0.1, 0.15) is 18.4 Å². The molecule has 0 amide bonds. The van der Waals surface area contributed by atoms with Gasteiger partial charge in [0.15, 0.2) is 5.65 Å². The summed E-state index contributed by atoms with van der Waals surface area (Å²) < 4.78 is 7.52.